The van der Waals surface area contributed by atoms with Gasteiger partial charge in [0.1, 0.15) is 0 Å². The number of halogens is 1. The van der Waals surface area contributed by atoms with E-state index in [4.69, 9.17) is 17.3 Å². The van der Waals surface area contributed by atoms with Gasteiger partial charge in [0, 0.05) is 30.3 Å². The molecule has 1 heterocycles. The van der Waals surface area contributed by atoms with Crippen LogP contribution in [-0.4, -0.2) is 18.0 Å². The molecular weight excluding hydrogens is 256 g/mol. The summed E-state index contributed by atoms with van der Waals surface area (Å²) in [5.74, 6) is 0. The molecular formula is C16H23ClN2. The standard InChI is InChI=1S/C16H23ClN2/c1-16(2,3)13-6-8-19(9-7-13)11-12-4-5-14(17)10-15(12)18/h4-6,10H,7-9,11,18H2,1-3H3. The first-order chi connectivity index (χ1) is 8.86. The third kappa shape index (κ3) is 3.74. The van der Waals surface area contributed by atoms with Crippen molar-refractivity contribution in [3.8, 4) is 0 Å². The highest BCUT2D eigenvalue weighted by Crippen LogP contribution is 2.30. The van der Waals surface area contributed by atoms with Gasteiger partial charge in [-0.15, -0.1) is 0 Å². The second-order valence-corrected chi connectivity index (χ2v) is 6.74. The van der Waals surface area contributed by atoms with Crippen LogP contribution in [0.3, 0.4) is 0 Å². The molecule has 0 saturated heterocycles. The van der Waals surface area contributed by atoms with Crippen molar-refractivity contribution >= 4 is 17.3 Å². The highest BCUT2D eigenvalue weighted by atomic mass is 35.5. The number of nitrogens with zero attached hydrogens (tertiary/aromatic N) is 1. The van der Waals surface area contributed by atoms with E-state index in [1.165, 1.54) is 0 Å². The summed E-state index contributed by atoms with van der Waals surface area (Å²) >= 11 is 5.93. The number of nitrogen functional groups attached to an aromatic ring is 1. The first-order valence-electron chi connectivity index (χ1n) is 6.82. The Kier molecular flexibility index (Phi) is 4.22. The average molecular weight is 279 g/mol. The molecule has 104 valence electrons. The van der Waals surface area contributed by atoms with E-state index in [1.54, 1.807) is 5.57 Å². The van der Waals surface area contributed by atoms with E-state index in [0.29, 0.717) is 10.4 Å². The zero-order chi connectivity index (χ0) is 14.0. The summed E-state index contributed by atoms with van der Waals surface area (Å²) in [5, 5.41) is 0.704. The fourth-order valence-electron chi connectivity index (χ4n) is 2.49. The molecule has 0 saturated carbocycles. The largest absolute Gasteiger partial charge is 0.398 e. The van der Waals surface area contributed by atoms with Gasteiger partial charge in [0.2, 0.25) is 0 Å². The molecule has 0 radical (unpaired) electrons. The summed E-state index contributed by atoms with van der Waals surface area (Å²) in [6.45, 7) is 9.86. The predicted octanol–water partition coefficient (Wildman–Crippen LogP) is 4.10. The Bertz CT molecular complexity index is 486. The molecule has 1 aliphatic heterocycles. The van der Waals surface area contributed by atoms with Crippen molar-refractivity contribution in [2.45, 2.75) is 33.7 Å². The molecule has 0 aliphatic carbocycles. The van der Waals surface area contributed by atoms with Crippen molar-refractivity contribution in [3.05, 3.63) is 40.4 Å². The Hall–Kier alpha value is -0.990. The number of hydrogen-bond donors (Lipinski definition) is 1. The Morgan fingerprint density at radius 3 is 2.58 bits per heavy atom. The van der Waals surface area contributed by atoms with E-state index in [9.17, 15) is 0 Å². The molecule has 1 aliphatic rings. The molecule has 2 N–H and O–H groups in total. The number of anilines is 1. The molecule has 0 aromatic heterocycles. The molecule has 1 aromatic carbocycles. The van der Waals surface area contributed by atoms with Crippen molar-refractivity contribution in [2.24, 2.45) is 5.41 Å². The van der Waals surface area contributed by atoms with E-state index in [1.807, 2.05) is 18.2 Å². The van der Waals surface area contributed by atoms with E-state index >= 15 is 0 Å². The van der Waals surface area contributed by atoms with Crippen molar-refractivity contribution in [1.82, 2.24) is 4.90 Å². The zero-order valence-electron chi connectivity index (χ0n) is 12.0. The molecule has 0 fully saturated rings. The van der Waals surface area contributed by atoms with Crippen LogP contribution in [0.25, 0.3) is 0 Å². The van der Waals surface area contributed by atoms with Crippen LogP contribution >= 0.6 is 11.6 Å². The van der Waals surface area contributed by atoms with Gasteiger partial charge >= 0.3 is 0 Å². The smallest absolute Gasteiger partial charge is 0.0426 e. The summed E-state index contributed by atoms with van der Waals surface area (Å²) in [6.07, 6.45) is 3.52. The zero-order valence-corrected chi connectivity index (χ0v) is 12.8. The summed E-state index contributed by atoms with van der Waals surface area (Å²) in [5.41, 5.74) is 9.82. The van der Waals surface area contributed by atoms with Crippen LogP contribution in [0.15, 0.2) is 29.8 Å². The Morgan fingerprint density at radius 2 is 2.05 bits per heavy atom. The molecule has 0 unspecified atom stereocenters. The van der Waals surface area contributed by atoms with Crippen molar-refractivity contribution in [1.29, 1.82) is 0 Å². The van der Waals surface area contributed by atoms with Gasteiger partial charge in [-0.3, -0.25) is 4.90 Å². The van der Waals surface area contributed by atoms with Crippen LogP contribution in [0.5, 0.6) is 0 Å². The summed E-state index contributed by atoms with van der Waals surface area (Å²) < 4.78 is 0. The fraction of sp³-hybridized carbons (Fsp3) is 0.500. The van der Waals surface area contributed by atoms with Gasteiger partial charge in [0.05, 0.1) is 0 Å². The Balaban J connectivity index is 2.01. The van der Waals surface area contributed by atoms with Gasteiger partial charge in [-0.05, 0) is 29.5 Å². The van der Waals surface area contributed by atoms with Gasteiger partial charge in [-0.1, -0.05) is 50.1 Å². The quantitative estimate of drug-likeness (QED) is 0.652. The highest BCUT2D eigenvalue weighted by Gasteiger charge is 2.21. The summed E-state index contributed by atoms with van der Waals surface area (Å²) in [4.78, 5) is 2.43. The van der Waals surface area contributed by atoms with Gasteiger partial charge in [-0.2, -0.15) is 0 Å². The maximum atomic E-state index is 6.01. The van der Waals surface area contributed by atoms with Crippen molar-refractivity contribution < 1.29 is 0 Å². The number of hydrogen-bond acceptors (Lipinski definition) is 2. The number of nitrogens with two attached hydrogens (primary N) is 1. The summed E-state index contributed by atoms with van der Waals surface area (Å²) in [7, 11) is 0. The molecule has 0 atom stereocenters. The van der Waals surface area contributed by atoms with Gasteiger partial charge in [0.25, 0.3) is 0 Å². The van der Waals surface area contributed by atoms with Gasteiger partial charge in [-0.25, -0.2) is 0 Å². The van der Waals surface area contributed by atoms with E-state index < -0.39 is 0 Å². The topological polar surface area (TPSA) is 29.3 Å². The highest BCUT2D eigenvalue weighted by molar-refractivity contribution is 6.30. The molecule has 0 amide bonds. The molecule has 2 nitrogen and oxygen atoms in total. The third-order valence-corrected chi connectivity index (χ3v) is 3.99. The predicted molar refractivity (Wildman–Crippen MR) is 83.3 cm³/mol. The maximum Gasteiger partial charge on any atom is 0.0426 e. The SMILES string of the molecule is CC(C)(C)C1=CCN(Cc2ccc(Cl)cc2N)CC1. The Labute approximate surface area is 121 Å². The lowest BCUT2D eigenvalue weighted by Gasteiger charge is -2.32. The maximum absolute atomic E-state index is 6.01. The molecule has 3 heteroatoms. The molecule has 0 bridgehead atoms. The minimum absolute atomic E-state index is 0.297. The minimum atomic E-state index is 0.297. The Morgan fingerprint density at radius 1 is 1.32 bits per heavy atom. The second-order valence-electron chi connectivity index (χ2n) is 6.31. The van der Waals surface area contributed by atoms with Gasteiger partial charge in [0.15, 0.2) is 0 Å². The average Bonchev–Trinajstić information content (AvgIpc) is 2.32. The summed E-state index contributed by atoms with van der Waals surface area (Å²) in [6, 6.07) is 5.77. The van der Waals surface area contributed by atoms with Crippen LogP contribution in [0, 0.1) is 5.41 Å². The monoisotopic (exact) mass is 278 g/mol. The first-order valence-corrected chi connectivity index (χ1v) is 7.20. The van der Waals surface area contributed by atoms with Crippen LogP contribution in [0.1, 0.15) is 32.8 Å². The van der Waals surface area contributed by atoms with Crippen molar-refractivity contribution in [3.63, 3.8) is 0 Å². The molecule has 0 spiro atoms. The molecule has 2 rings (SSSR count). The van der Waals surface area contributed by atoms with Crippen LogP contribution in [0.2, 0.25) is 5.02 Å². The third-order valence-electron chi connectivity index (χ3n) is 3.76. The second kappa shape index (κ2) is 5.56. The van der Waals surface area contributed by atoms with E-state index in [0.717, 1.165) is 37.3 Å². The number of rotatable bonds is 2. The van der Waals surface area contributed by atoms with E-state index in [-0.39, 0.29) is 0 Å². The van der Waals surface area contributed by atoms with Crippen LogP contribution < -0.4 is 5.73 Å². The minimum Gasteiger partial charge on any atom is -0.398 e. The van der Waals surface area contributed by atoms with Crippen LogP contribution in [0.4, 0.5) is 5.69 Å². The lowest BCUT2D eigenvalue weighted by molar-refractivity contribution is 0.272. The number of benzene rings is 1. The van der Waals surface area contributed by atoms with Crippen molar-refractivity contribution in [2.75, 3.05) is 18.8 Å². The fourth-order valence-corrected chi connectivity index (χ4v) is 2.67. The normalized spacial score (nSPS) is 17.4. The van der Waals surface area contributed by atoms with Gasteiger partial charge < -0.3 is 5.73 Å². The molecule has 1 aromatic rings. The first kappa shape index (κ1) is 14.4. The van der Waals surface area contributed by atoms with E-state index in [2.05, 4.69) is 31.7 Å². The molecule has 19 heavy (non-hydrogen) atoms. The van der Waals surface area contributed by atoms with Crippen LogP contribution in [-0.2, 0) is 6.54 Å². The lowest BCUT2D eigenvalue weighted by atomic mass is 9.83. The lowest BCUT2D eigenvalue weighted by Crippen LogP contribution is -2.31.